The number of hydrogen-bond donors (Lipinski definition) is 1. The predicted molar refractivity (Wildman–Crippen MR) is 252 cm³/mol. The standard InChI is InChI=1S/C52H102N2O5/c1-5-9-13-17-19-27-36-48(34-25-15-11-7-3)51(56)58-46-31-23-21-29-40-53(42-43-54(44-45-55)50-38-33-39-50)41-30-22-24-32-47-59-52(57)49(35-26-16-12-8-4)37-28-20-18-14-10-6-2/h48-50,55H,5-47H2,1-4H3. The third-order valence-corrected chi connectivity index (χ3v) is 13.2. The van der Waals surface area contributed by atoms with Gasteiger partial charge in [-0.15, -0.1) is 0 Å². The van der Waals surface area contributed by atoms with Crippen molar-refractivity contribution in [2.24, 2.45) is 11.8 Å². The van der Waals surface area contributed by atoms with Crippen molar-refractivity contribution >= 4 is 11.9 Å². The summed E-state index contributed by atoms with van der Waals surface area (Å²) in [6, 6.07) is 0.651. The van der Waals surface area contributed by atoms with Crippen LogP contribution in [0.5, 0.6) is 0 Å². The summed E-state index contributed by atoms with van der Waals surface area (Å²) in [6.45, 7) is 15.5. The van der Waals surface area contributed by atoms with Crippen molar-refractivity contribution in [1.82, 2.24) is 9.80 Å². The molecular formula is C52H102N2O5. The zero-order valence-corrected chi connectivity index (χ0v) is 40.1. The van der Waals surface area contributed by atoms with Crippen molar-refractivity contribution in [3.05, 3.63) is 0 Å². The molecule has 0 spiro atoms. The molecule has 350 valence electrons. The van der Waals surface area contributed by atoms with Crippen LogP contribution in [0, 0.1) is 11.8 Å². The minimum atomic E-state index is 0.0591. The fourth-order valence-electron chi connectivity index (χ4n) is 8.86. The molecule has 2 unspecified atom stereocenters. The molecule has 1 aliphatic rings. The molecule has 0 amide bonds. The van der Waals surface area contributed by atoms with Gasteiger partial charge in [0, 0.05) is 25.7 Å². The fourth-order valence-corrected chi connectivity index (χ4v) is 8.86. The first-order valence-corrected chi connectivity index (χ1v) is 26.4. The number of esters is 2. The summed E-state index contributed by atoms with van der Waals surface area (Å²) >= 11 is 0. The maximum Gasteiger partial charge on any atom is 0.308 e. The highest BCUT2D eigenvalue weighted by Crippen LogP contribution is 2.25. The van der Waals surface area contributed by atoms with Crippen LogP contribution in [0.25, 0.3) is 0 Å². The van der Waals surface area contributed by atoms with Crippen molar-refractivity contribution < 1.29 is 24.2 Å². The van der Waals surface area contributed by atoms with Gasteiger partial charge in [-0.1, -0.05) is 188 Å². The maximum atomic E-state index is 13.1. The van der Waals surface area contributed by atoms with E-state index < -0.39 is 0 Å². The second kappa shape index (κ2) is 42.1. The minimum Gasteiger partial charge on any atom is -0.465 e. The third kappa shape index (κ3) is 32.2. The molecule has 0 saturated heterocycles. The van der Waals surface area contributed by atoms with E-state index >= 15 is 0 Å². The highest BCUT2D eigenvalue weighted by molar-refractivity contribution is 5.72. The number of nitrogens with zero attached hydrogens (tertiary/aromatic N) is 2. The first-order valence-electron chi connectivity index (χ1n) is 26.4. The van der Waals surface area contributed by atoms with Crippen LogP contribution in [0.4, 0.5) is 0 Å². The molecule has 0 aromatic heterocycles. The number of aliphatic hydroxyl groups is 1. The van der Waals surface area contributed by atoms with Gasteiger partial charge in [0.05, 0.1) is 31.7 Å². The Morgan fingerprint density at radius 3 is 1.19 bits per heavy atom. The van der Waals surface area contributed by atoms with E-state index in [1.54, 1.807) is 0 Å². The average Bonchev–Trinajstić information content (AvgIpc) is 3.21. The van der Waals surface area contributed by atoms with Gasteiger partial charge in [-0.2, -0.15) is 0 Å². The smallest absolute Gasteiger partial charge is 0.308 e. The summed E-state index contributed by atoms with van der Waals surface area (Å²) in [5, 5.41) is 9.73. The summed E-state index contributed by atoms with van der Waals surface area (Å²) in [6.07, 6.45) is 41.6. The Labute approximate surface area is 367 Å². The van der Waals surface area contributed by atoms with Crippen LogP contribution < -0.4 is 0 Å². The molecule has 1 N–H and O–H groups in total. The molecule has 7 nitrogen and oxygen atoms in total. The highest BCUT2D eigenvalue weighted by atomic mass is 16.5. The van der Waals surface area contributed by atoms with Crippen LogP contribution in [-0.4, -0.2) is 85.4 Å². The van der Waals surface area contributed by atoms with Gasteiger partial charge in [0.15, 0.2) is 0 Å². The van der Waals surface area contributed by atoms with Crippen LogP contribution >= 0.6 is 0 Å². The minimum absolute atomic E-state index is 0.0591. The predicted octanol–water partition coefficient (Wildman–Crippen LogP) is 14.0. The van der Waals surface area contributed by atoms with E-state index in [0.29, 0.717) is 19.3 Å². The third-order valence-electron chi connectivity index (χ3n) is 13.2. The molecule has 0 heterocycles. The van der Waals surface area contributed by atoms with Gasteiger partial charge in [0.2, 0.25) is 0 Å². The van der Waals surface area contributed by atoms with E-state index in [9.17, 15) is 14.7 Å². The van der Waals surface area contributed by atoms with Crippen molar-refractivity contribution in [2.45, 2.75) is 258 Å². The lowest BCUT2D eigenvalue weighted by molar-refractivity contribution is -0.150. The molecule has 2 atom stereocenters. The molecule has 0 radical (unpaired) electrons. The van der Waals surface area contributed by atoms with E-state index in [4.69, 9.17) is 9.47 Å². The lowest BCUT2D eigenvalue weighted by Gasteiger charge is -2.38. The largest absolute Gasteiger partial charge is 0.465 e. The summed E-state index contributed by atoms with van der Waals surface area (Å²) in [5.41, 5.74) is 0. The van der Waals surface area contributed by atoms with Crippen molar-refractivity contribution in [3.8, 4) is 0 Å². The Bertz CT molecular complexity index is 856. The van der Waals surface area contributed by atoms with Gasteiger partial charge in [-0.05, 0) is 77.3 Å². The number of ether oxygens (including phenoxy) is 2. The number of carbonyl (C=O) groups is 2. The quantitative estimate of drug-likeness (QED) is 0.0483. The van der Waals surface area contributed by atoms with Crippen LogP contribution in [0.3, 0.4) is 0 Å². The summed E-state index contributed by atoms with van der Waals surface area (Å²) in [5.74, 6) is 0.292. The van der Waals surface area contributed by atoms with Gasteiger partial charge >= 0.3 is 11.9 Å². The molecular weight excluding hydrogens is 733 g/mol. The molecule has 59 heavy (non-hydrogen) atoms. The van der Waals surface area contributed by atoms with Gasteiger partial charge in [0.25, 0.3) is 0 Å². The lowest BCUT2D eigenvalue weighted by atomic mass is 9.91. The number of unbranched alkanes of at least 4 members (excludes halogenated alkanes) is 22. The monoisotopic (exact) mass is 835 g/mol. The number of carbonyl (C=O) groups excluding carboxylic acids is 2. The fraction of sp³-hybridized carbons (Fsp3) is 0.962. The van der Waals surface area contributed by atoms with E-state index in [0.717, 1.165) is 110 Å². The molecule has 0 bridgehead atoms. The molecule has 7 heteroatoms. The van der Waals surface area contributed by atoms with Crippen LogP contribution in [0.2, 0.25) is 0 Å². The lowest BCUT2D eigenvalue weighted by Crippen LogP contribution is -2.45. The number of aliphatic hydroxyl groups excluding tert-OH is 1. The molecule has 1 fully saturated rings. The Kier molecular flexibility index (Phi) is 39.9. The second-order valence-electron chi connectivity index (χ2n) is 18.6. The SMILES string of the molecule is CCCCCCCCC(CCCCCC)C(=O)OCCCCCCN(CCCCCCOC(=O)C(CCCCCC)CCCCCCCC)CCN(CCO)C1CCC1. The molecule has 1 aliphatic carbocycles. The van der Waals surface area contributed by atoms with Crippen LogP contribution in [0.15, 0.2) is 0 Å². The molecule has 1 saturated carbocycles. The highest BCUT2D eigenvalue weighted by Gasteiger charge is 2.25. The van der Waals surface area contributed by atoms with E-state index in [1.165, 1.54) is 148 Å². The summed E-state index contributed by atoms with van der Waals surface area (Å²) < 4.78 is 11.8. The summed E-state index contributed by atoms with van der Waals surface area (Å²) in [4.78, 5) is 31.4. The van der Waals surface area contributed by atoms with Crippen molar-refractivity contribution in [1.29, 1.82) is 0 Å². The van der Waals surface area contributed by atoms with E-state index in [1.807, 2.05) is 0 Å². The van der Waals surface area contributed by atoms with Gasteiger partial charge in [-0.3, -0.25) is 14.5 Å². The van der Waals surface area contributed by atoms with Crippen molar-refractivity contribution in [2.75, 3.05) is 52.5 Å². The number of rotatable bonds is 46. The van der Waals surface area contributed by atoms with Gasteiger partial charge in [-0.25, -0.2) is 0 Å². The van der Waals surface area contributed by atoms with E-state index in [-0.39, 0.29) is 30.4 Å². The Morgan fingerprint density at radius 2 is 0.814 bits per heavy atom. The zero-order valence-electron chi connectivity index (χ0n) is 40.1. The average molecular weight is 835 g/mol. The van der Waals surface area contributed by atoms with Crippen molar-refractivity contribution in [3.63, 3.8) is 0 Å². The summed E-state index contributed by atoms with van der Waals surface area (Å²) in [7, 11) is 0. The Balaban J connectivity index is 2.46. The van der Waals surface area contributed by atoms with Gasteiger partial charge < -0.3 is 19.5 Å². The molecule has 1 rings (SSSR count). The Hall–Kier alpha value is -1.18. The normalized spacial score (nSPS) is 14.2. The zero-order chi connectivity index (χ0) is 42.9. The number of hydrogen-bond acceptors (Lipinski definition) is 7. The molecule has 0 aliphatic heterocycles. The van der Waals surface area contributed by atoms with Crippen LogP contribution in [0.1, 0.15) is 252 Å². The maximum absolute atomic E-state index is 13.1. The first-order chi connectivity index (χ1) is 29.0. The Morgan fingerprint density at radius 1 is 0.458 bits per heavy atom. The second-order valence-corrected chi connectivity index (χ2v) is 18.6. The molecule has 0 aromatic carbocycles. The first kappa shape index (κ1) is 55.8. The van der Waals surface area contributed by atoms with Crippen LogP contribution in [-0.2, 0) is 19.1 Å². The molecule has 0 aromatic rings. The van der Waals surface area contributed by atoms with E-state index in [2.05, 4.69) is 37.5 Å². The topological polar surface area (TPSA) is 79.3 Å². The van der Waals surface area contributed by atoms with Gasteiger partial charge in [0.1, 0.15) is 0 Å².